The minimum atomic E-state index is -4.10. The van der Waals surface area contributed by atoms with Gasteiger partial charge in [-0.25, -0.2) is 13.8 Å². The molecule has 4 rings (SSSR count). The molecule has 0 spiro atoms. The van der Waals surface area contributed by atoms with E-state index in [4.69, 9.17) is 9.47 Å². The van der Waals surface area contributed by atoms with Crippen LogP contribution in [0.25, 0.3) is 0 Å². The summed E-state index contributed by atoms with van der Waals surface area (Å²) in [5.74, 6) is -0.121. The Labute approximate surface area is 251 Å². The zero-order chi connectivity index (χ0) is 30.7. The number of ether oxygens (including phenoxy) is 2. The molecule has 0 fully saturated rings. The number of sulfonamides is 1. The highest BCUT2D eigenvalue weighted by Gasteiger charge is 2.29. The number of nitrogens with zero attached hydrogens (tertiary/aromatic N) is 2. The van der Waals surface area contributed by atoms with Gasteiger partial charge in [0.25, 0.3) is 21.8 Å². The van der Waals surface area contributed by atoms with Crippen LogP contribution in [0.3, 0.4) is 0 Å². The number of carbonyl (C=O) groups excluding carboxylic acids is 2. The third-order valence-corrected chi connectivity index (χ3v) is 8.08. The van der Waals surface area contributed by atoms with Crippen molar-refractivity contribution in [1.29, 1.82) is 0 Å². The van der Waals surface area contributed by atoms with Gasteiger partial charge in [0, 0.05) is 0 Å². The van der Waals surface area contributed by atoms with Crippen LogP contribution in [0.2, 0.25) is 0 Å². The molecule has 0 radical (unpaired) electrons. The predicted octanol–water partition coefficient (Wildman–Crippen LogP) is 4.30. The van der Waals surface area contributed by atoms with Gasteiger partial charge in [0.2, 0.25) is 0 Å². The van der Waals surface area contributed by atoms with Gasteiger partial charge in [0.1, 0.15) is 18.0 Å². The van der Waals surface area contributed by atoms with E-state index in [2.05, 4.69) is 15.8 Å². The molecular formula is C32H32N4O6S. The van der Waals surface area contributed by atoms with Crippen molar-refractivity contribution in [2.75, 3.05) is 24.6 Å². The molecule has 222 valence electrons. The topological polar surface area (TPSA) is 126 Å². The van der Waals surface area contributed by atoms with E-state index in [9.17, 15) is 18.0 Å². The average molecular weight is 601 g/mol. The first-order chi connectivity index (χ1) is 20.8. The highest BCUT2D eigenvalue weighted by Crippen LogP contribution is 2.32. The minimum absolute atomic E-state index is 0.0303. The van der Waals surface area contributed by atoms with Crippen molar-refractivity contribution < 1.29 is 27.5 Å². The van der Waals surface area contributed by atoms with Crippen LogP contribution in [0, 0.1) is 0 Å². The highest BCUT2D eigenvalue weighted by molar-refractivity contribution is 7.92. The number of anilines is 1. The number of methoxy groups -OCH3 is 1. The summed E-state index contributed by atoms with van der Waals surface area (Å²) in [6.45, 7) is 1.22. The number of rotatable bonds is 13. The summed E-state index contributed by atoms with van der Waals surface area (Å²) in [6, 6.07) is 30.6. The number of benzene rings is 4. The SMILES string of the molecule is COc1ccccc1N(CC(=O)N/N=C\c1ccc(OCC(=O)N[C@H](C)c2ccccc2)cc1)S(=O)(=O)c1ccccc1. The van der Waals surface area contributed by atoms with Gasteiger partial charge >= 0.3 is 0 Å². The molecule has 43 heavy (non-hydrogen) atoms. The monoisotopic (exact) mass is 600 g/mol. The number of nitrogens with one attached hydrogen (secondary N) is 2. The number of amides is 2. The van der Waals surface area contributed by atoms with Gasteiger partial charge in [0.05, 0.1) is 29.9 Å². The number of carbonyl (C=O) groups is 2. The average Bonchev–Trinajstić information content (AvgIpc) is 3.04. The molecule has 10 nitrogen and oxygen atoms in total. The Morgan fingerprint density at radius 1 is 0.860 bits per heavy atom. The van der Waals surface area contributed by atoms with Crippen LogP contribution < -0.4 is 24.5 Å². The summed E-state index contributed by atoms with van der Waals surface area (Å²) in [5, 5.41) is 6.86. The molecular weight excluding hydrogens is 568 g/mol. The Hall–Kier alpha value is -5.16. The lowest BCUT2D eigenvalue weighted by Gasteiger charge is -2.25. The van der Waals surface area contributed by atoms with E-state index in [1.54, 1.807) is 66.7 Å². The zero-order valence-corrected chi connectivity index (χ0v) is 24.5. The quantitative estimate of drug-likeness (QED) is 0.174. The van der Waals surface area contributed by atoms with Crippen molar-refractivity contribution >= 4 is 33.7 Å². The van der Waals surface area contributed by atoms with Crippen LogP contribution >= 0.6 is 0 Å². The summed E-state index contributed by atoms with van der Waals surface area (Å²) in [4.78, 5) is 25.1. The van der Waals surface area contributed by atoms with Gasteiger partial charge in [-0.05, 0) is 66.6 Å². The van der Waals surface area contributed by atoms with Gasteiger partial charge < -0.3 is 14.8 Å². The number of hydrazone groups is 1. The van der Waals surface area contributed by atoms with E-state index in [0.717, 1.165) is 9.87 Å². The maximum Gasteiger partial charge on any atom is 0.264 e. The van der Waals surface area contributed by atoms with Crippen LogP contribution in [0.4, 0.5) is 5.69 Å². The highest BCUT2D eigenvalue weighted by atomic mass is 32.2. The Bertz CT molecular complexity index is 1650. The molecule has 0 heterocycles. The van der Waals surface area contributed by atoms with Crippen LogP contribution in [0.5, 0.6) is 11.5 Å². The van der Waals surface area contributed by atoms with E-state index in [1.165, 1.54) is 25.5 Å². The minimum Gasteiger partial charge on any atom is -0.495 e. The van der Waals surface area contributed by atoms with Gasteiger partial charge in [0.15, 0.2) is 6.61 Å². The molecule has 0 bridgehead atoms. The van der Waals surface area contributed by atoms with Gasteiger partial charge in [-0.2, -0.15) is 5.10 Å². The maximum atomic E-state index is 13.5. The lowest BCUT2D eigenvalue weighted by molar-refractivity contribution is -0.123. The predicted molar refractivity (Wildman–Crippen MR) is 165 cm³/mol. The van der Waals surface area contributed by atoms with Gasteiger partial charge in [-0.1, -0.05) is 60.7 Å². The molecule has 0 aromatic heterocycles. The Kier molecular flexibility index (Phi) is 10.5. The molecule has 2 N–H and O–H groups in total. The molecule has 0 saturated heterocycles. The Balaban J connectivity index is 1.34. The number of para-hydroxylation sites is 2. The van der Waals surface area contributed by atoms with Gasteiger partial charge in [-0.15, -0.1) is 0 Å². The Morgan fingerprint density at radius 3 is 2.16 bits per heavy atom. The van der Waals surface area contributed by atoms with Crippen molar-refractivity contribution in [1.82, 2.24) is 10.7 Å². The second-order valence-corrected chi connectivity index (χ2v) is 11.2. The largest absolute Gasteiger partial charge is 0.495 e. The summed E-state index contributed by atoms with van der Waals surface area (Å²) in [6.07, 6.45) is 1.41. The smallest absolute Gasteiger partial charge is 0.264 e. The molecule has 0 unspecified atom stereocenters. The maximum absolute atomic E-state index is 13.5. The van der Waals surface area contributed by atoms with Crippen molar-refractivity contribution in [3.63, 3.8) is 0 Å². The molecule has 0 aliphatic rings. The van der Waals surface area contributed by atoms with Crippen LogP contribution in [-0.4, -0.2) is 46.7 Å². The molecule has 0 aliphatic heterocycles. The number of hydrogen-bond acceptors (Lipinski definition) is 7. The van der Waals surface area contributed by atoms with E-state index in [0.29, 0.717) is 17.1 Å². The first-order valence-electron chi connectivity index (χ1n) is 13.4. The van der Waals surface area contributed by atoms with E-state index >= 15 is 0 Å². The third kappa shape index (κ3) is 8.43. The first-order valence-corrected chi connectivity index (χ1v) is 14.8. The third-order valence-electron chi connectivity index (χ3n) is 6.30. The van der Waals surface area contributed by atoms with E-state index in [-0.39, 0.29) is 29.1 Å². The molecule has 11 heteroatoms. The van der Waals surface area contributed by atoms with Crippen molar-refractivity contribution in [3.05, 3.63) is 120 Å². The lowest BCUT2D eigenvalue weighted by Crippen LogP contribution is -2.39. The molecule has 4 aromatic rings. The normalized spacial score (nSPS) is 11.9. The summed E-state index contributed by atoms with van der Waals surface area (Å²) in [5.41, 5.74) is 4.24. The standard InChI is InChI=1S/C32H32N4O6S/c1-24(26-11-5-3-6-12-26)34-32(38)23-42-27-19-17-25(18-20-27)21-33-35-31(37)22-36(29-15-9-10-16-30(29)41-2)43(39,40)28-13-7-4-8-14-28/h3-21,24H,22-23H2,1-2H3,(H,34,38)(H,35,37)/b33-21-/t24-/m1/s1. The Morgan fingerprint density at radius 2 is 1.49 bits per heavy atom. The van der Waals surface area contributed by atoms with Crippen LogP contribution in [0.15, 0.2) is 119 Å². The molecule has 4 aromatic carbocycles. The van der Waals surface area contributed by atoms with E-state index in [1.807, 2.05) is 37.3 Å². The second kappa shape index (κ2) is 14.6. The van der Waals surface area contributed by atoms with Crippen molar-refractivity contribution in [2.45, 2.75) is 17.9 Å². The summed E-state index contributed by atoms with van der Waals surface area (Å²) in [7, 11) is -2.67. The first kappa shape index (κ1) is 30.8. The van der Waals surface area contributed by atoms with Crippen molar-refractivity contribution in [3.8, 4) is 11.5 Å². The second-order valence-electron chi connectivity index (χ2n) is 9.35. The van der Waals surface area contributed by atoms with Crippen LogP contribution in [-0.2, 0) is 19.6 Å². The number of hydrogen-bond donors (Lipinski definition) is 2. The zero-order valence-electron chi connectivity index (χ0n) is 23.7. The van der Waals surface area contributed by atoms with Crippen LogP contribution in [0.1, 0.15) is 24.1 Å². The summed E-state index contributed by atoms with van der Waals surface area (Å²) < 4.78 is 38.9. The summed E-state index contributed by atoms with van der Waals surface area (Å²) >= 11 is 0. The van der Waals surface area contributed by atoms with E-state index < -0.39 is 22.5 Å². The molecule has 0 aliphatic carbocycles. The molecule has 0 saturated carbocycles. The fourth-order valence-electron chi connectivity index (χ4n) is 4.11. The fourth-order valence-corrected chi connectivity index (χ4v) is 5.56. The fraction of sp³-hybridized carbons (Fsp3) is 0.156. The van der Waals surface area contributed by atoms with Gasteiger partial charge in [-0.3, -0.25) is 13.9 Å². The molecule has 2 amide bonds. The van der Waals surface area contributed by atoms with Crippen molar-refractivity contribution in [2.24, 2.45) is 5.10 Å². The lowest BCUT2D eigenvalue weighted by atomic mass is 10.1. The molecule has 1 atom stereocenters.